The van der Waals surface area contributed by atoms with Gasteiger partial charge >= 0.3 is 0 Å². The normalized spacial score (nSPS) is 11.7. The van der Waals surface area contributed by atoms with Crippen molar-refractivity contribution in [2.24, 2.45) is 0 Å². The minimum atomic E-state index is -3.77. The van der Waals surface area contributed by atoms with Gasteiger partial charge < -0.3 is 9.47 Å². The summed E-state index contributed by atoms with van der Waals surface area (Å²) in [5.41, 5.74) is 1.87. The zero-order chi connectivity index (χ0) is 21.9. The first kappa shape index (κ1) is 22.1. The second kappa shape index (κ2) is 9.07. The average molecular weight is 450 g/mol. The lowest BCUT2D eigenvalue weighted by Gasteiger charge is -2.22. The molecule has 30 heavy (non-hydrogen) atoms. The molecular formula is C21H24ClN3O4S. The van der Waals surface area contributed by atoms with Gasteiger partial charge in [0, 0.05) is 24.7 Å². The summed E-state index contributed by atoms with van der Waals surface area (Å²) < 4.78 is 40.5. The Kier molecular flexibility index (Phi) is 6.70. The fourth-order valence-corrected chi connectivity index (χ4v) is 5.13. The van der Waals surface area contributed by atoms with E-state index in [9.17, 15) is 8.42 Å². The van der Waals surface area contributed by atoms with E-state index in [4.69, 9.17) is 21.1 Å². The highest BCUT2D eigenvalue weighted by atomic mass is 35.5. The van der Waals surface area contributed by atoms with E-state index in [0.717, 1.165) is 0 Å². The Labute approximate surface area is 181 Å². The van der Waals surface area contributed by atoms with Crippen molar-refractivity contribution < 1.29 is 17.9 Å². The Bertz CT molecular complexity index is 1140. The first-order valence-electron chi connectivity index (χ1n) is 9.44. The predicted octanol–water partition coefficient (Wildman–Crippen LogP) is 4.24. The summed E-state index contributed by atoms with van der Waals surface area (Å²) in [4.78, 5) is 0.0661. The van der Waals surface area contributed by atoms with E-state index in [1.165, 1.54) is 18.5 Å². The van der Waals surface area contributed by atoms with Crippen molar-refractivity contribution in [3.63, 3.8) is 0 Å². The quantitative estimate of drug-likeness (QED) is 0.514. The molecule has 3 rings (SSSR count). The molecule has 0 aliphatic heterocycles. The predicted molar refractivity (Wildman–Crippen MR) is 117 cm³/mol. The third-order valence-corrected chi connectivity index (χ3v) is 7.20. The lowest BCUT2D eigenvalue weighted by Crippen LogP contribution is -2.31. The Balaban J connectivity index is 2.28. The maximum atomic E-state index is 13.3. The molecule has 0 amide bonds. The van der Waals surface area contributed by atoms with Gasteiger partial charge in [0.05, 0.1) is 36.8 Å². The van der Waals surface area contributed by atoms with Crippen molar-refractivity contribution in [1.29, 1.82) is 0 Å². The van der Waals surface area contributed by atoms with Crippen LogP contribution in [-0.2, 0) is 10.0 Å². The molecule has 0 aliphatic rings. The molecule has 1 heterocycles. The molecule has 0 saturated carbocycles. The molecular weight excluding hydrogens is 426 g/mol. The van der Waals surface area contributed by atoms with Crippen LogP contribution in [0.2, 0.25) is 5.02 Å². The molecule has 3 aromatic rings. The van der Waals surface area contributed by atoms with Gasteiger partial charge in [0.25, 0.3) is 0 Å². The van der Waals surface area contributed by atoms with Crippen LogP contribution in [-0.4, -0.2) is 49.8 Å². The molecule has 1 aromatic heterocycles. The molecule has 0 unspecified atom stereocenters. The molecule has 7 nitrogen and oxygen atoms in total. The number of para-hydroxylation sites is 1. The highest BCUT2D eigenvalue weighted by Gasteiger charge is 2.28. The van der Waals surface area contributed by atoms with Crippen molar-refractivity contribution in [3.8, 4) is 28.4 Å². The molecule has 0 aliphatic carbocycles. The van der Waals surface area contributed by atoms with Crippen molar-refractivity contribution in [3.05, 3.63) is 53.7 Å². The highest BCUT2D eigenvalue weighted by molar-refractivity contribution is 7.89. The Morgan fingerprint density at radius 3 is 2.30 bits per heavy atom. The Hall–Kier alpha value is -2.55. The lowest BCUT2D eigenvalue weighted by molar-refractivity contribution is 0.382. The van der Waals surface area contributed by atoms with E-state index in [1.807, 2.05) is 18.2 Å². The number of ether oxygens (including phenoxy) is 2. The number of hydrogen-bond donors (Lipinski definition) is 0. The van der Waals surface area contributed by atoms with Gasteiger partial charge in [-0.3, -0.25) is 0 Å². The molecule has 0 spiro atoms. The van der Waals surface area contributed by atoms with Crippen molar-refractivity contribution in [2.75, 3.05) is 27.3 Å². The summed E-state index contributed by atoms with van der Waals surface area (Å²) >= 11 is 6.36. The maximum absolute atomic E-state index is 13.3. The van der Waals surface area contributed by atoms with Crippen LogP contribution < -0.4 is 9.47 Å². The van der Waals surface area contributed by atoms with Gasteiger partial charge in [0.15, 0.2) is 0 Å². The summed E-state index contributed by atoms with van der Waals surface area (Å²) in [7, 11) is -0.816. The number of rotatable bonds is 8. The van der Waals surface area contributed by atoms with E-state index in [-0.39, 0.29) is 10.6 Å². The summed E-state index contributed by atoms with van der Waals surface area (Å²) in [5, 5.41) is 4.91. The standard InChI is InChI=1S/C21H24ClN3O4S/c1-5-24(6-2)30(26,27)21-13-15(19(28-3)14-20(21)29-4)17-11-12-23-25(17)18-10-8-7-9-16(18)22/h7-14H,5-6H2,1-4H3. The number of nitrogens with zero attached hydrogens (tertiary/aromatic N) is 3. The second-order valence-corrected chi connectivity index (χ2v) is 8.69. The number of hydrogen-bond acceptors (Lipinski definition) is 5. The average Bonchev–Trinajstić information content (AvgIpc) is 3.23. The van der Waals surface area contributed by atoms with E-state index in [2.05, 4.69) is 5.10 Å². The smallest absolute Gasteiger partial charge is 0.246 e. The largest absolute Gasteiger partial charge is 0.496 e. The van der Waals surface area contributed by atoms with Crippen LogP contribution in [0.3, 0.4) is 0 Å². The first-order chi connectivity index (χ1) is 14.4. The van der Waals surface area contributed by atoms with E-state index >= 15 is 0 Å². The third-order valence-electron chi connectivity index (χ3n) is 4.81. The highest BCUT2D eigenvalue weighted by Crippen LogP contribution is 2.40. The maximum Gasteiger partial charge on any atom is 0.246 e. The number of benzene rings is 2. The van der Waals surface area contributed by atoms with Crippen LogP contribution in [0.4, 0.5) is 0 Å². The zero-order valence-electron chi connectivity index (χ0n) is 17.3. The van der Waals surface area contributed by atoms with E-state index in [0.29, 0.717) is 40.8 Å². The summed E-state index contributed by atoms with van der Waals surface area (Å²) in [6, 6.07) is 12.2. The van der Waals surface area contributed by atoms with Gasteiger partial charge in [-0.1, -0.05) is 37.6 Å². The van der Waals surface area contributed by atoms with E-state index < -0.39 is 10.0 Å². The van der Waals surface area contributed by atoms with Crippen LogP contribution in [0, 0.1) is 0 Å². The van der Waals surface area contributed by atoms with Crippen LogP contribution >= 0.6 is 11.6 Å². The van der Waals surface area contributed by atoms with E-state index in [1.54, 1.807) is 49.0 Å². The molecule has 2 aromatic carbocycles. The van der Waals surface area contributed by atoms with Gasteiger partial charge in [-0.25, -0.2) is 13.1 Å². The molecule has 9 heteroatoms. The monoisotopic (exact) mass is 449 g/mol. The van der Waals surface area contributed by atoms with Gasteiger partial charge in [-0.05, 0) is 24.3 Å². The summed E-state index contributed by atoms with van der Waals surface area (Å²) in [6.45, 7) is 4.29. The number of methoxy groups -OCH3 is 2. The Morgan fingerprint density at radius 1 is 1.03 bits per heavy atom. The van der Waals surface area contributed by atoms with Gasteiger partial charge in [-0.15, -0.1) is 0 Å². The van der Waals surface area contributed by atoms with Crippen LogP contribution in [0.5, 0.6) is 11.5 Å². The van der Waals surface area contributed by atoms with Gasteiger partial charge in [-0.2, -0.15) is 9.40 Å². The van der Waals surface area contributed by atoms with Crippen molar-refractivity contribution in [2.45, 2.75) is 18.7 Å². The molecule has 0 fully saturated rings. The topological polar surface area (TPSA) is 73.7 Å². The van der Waals surface area contributed by atoms with Crippen LogP contribution in [0.15, 0.2) is 53.6 Å². The molecule has 0 saturated heterocycles. The summed E-state index contributed by atoms with van der Waals surface area (Å²) in [5.74, 6) is 0.672. The first-order valence-corrected chi connectivity index (χ1v) is 11.3. The molecule has 0 N–H and O–H groups in total. The molecule has 0 bridgehead atoms. The summed E-state index contributed by atoms with van der Waals surface area (Å²) in [6.07, 6.45) is 1.63. The second-order valence-electron chi connectivity index (χ2n) is 6.37. The minimum absolute atomic E-state index is 0.0661. The number of sulfonamides is 1. The lowest BCUT2D eigenvalue weighted by atomic mass is 10.1. The fraction of sp³-hybridized carbons (Fsp3) is 0.286. The number of halogens is 1. The fourth-order valence-electron chi connectivity index (χ4n) is 3.30. The Morgan fingerprint density at radius 2 is 1.70 bits per heavy atom. The van der Waals surface area contributed by atoms with Crippen LogP contribution in [0.1, 0.15) is 13.8 Å². The van der Waals surface area contributed by atoms with Crippen molar-refractivity contribution >= 4 is 21.6 Å². The molecule has 160 valence electrons. The third kappa shape index (κ3) is 3.90. The van der Waals surface area contributed by atoms with Crippen LogP contribution in [0.25, 0.3) is 16.9 Å². The number of aromatic nitrogens is 2. The zero-order valence-corrected chi connectivity index (χ0v) is 18.9. The van der Waals surface area contributed by atoms with Gasteiger partial charge in [0.2, 0.25) is 10.0 Å². The molecule has 0 atom stereocenters. The SMILES string of the molecule is CCN(CC)S(=O)(=O)c1cc(-c2ccnn2-c2ccccc2Cl)c(OC)cc1OC. The van der Waals surface area contributed by atoms with Gasteiger partial charge in [0.1, 0.15) is 16.4 Å². The minimum Gasteiger partial charge on any atom is -0.496 e. The molecule has 0 radical (unpaired) electrons. The van der Waals surface area contributed by atoms with Crippen molar-refractivity contribution in [1.82, 2.24) is 14.1 Å².